The number of quaternary nitrogens is 1. The highest BCUT2D eigenvalue weighted by atomic mass is 16.5. The van der Waals surface area contributed by atoms with Crippen molar-refractivity contribution in [2.45, 2.75) is 32.2 Å². The predicted molar refractivity (Wildman–Crippen MR) is 136 cm³/mol. The summed E-state index contributed by atoms with van der Waals surface area (Å²) in [5, 5.41) is 62.4. The van der Waals surface area contributed by atoms with E-state index in [1.807, 2.05) is 0 Å². The fraction of sp³-hybridized carbons (Fsp3) is 0.560. The monoisotopic (exact) mass is 553 g/mol. The van der Waals surface area contributed by atoms with Gasteiger partial charge < -0.3 is 40.7 Å². The van der Waals surface area contributed by atoms with E-state index in [1.165, 1.54) is 6.20 Å². The summed E-state index contributed by atoms with van der Waals surface area (Å²) < 4.78 is 5.30. The van der Waals surface area contributed by atoms with Crippen molar-refractivity contribution in [3.05, 3.63) is 45.7 Å². The van der Waals surface area contributed by atoms with E-state index in [-0.39, 0.29) is 73.1 Å². The number of aliphatic carboxylic acids is 2. The van der Waals surface area contributed by atoms with Crippen molar-refractivity contribution in [2.24, 2.45) is 0 Å². The highest BCUT2D eigenvalue weighted by molar-refractivity contribution is 5.73. The number of carbonyl (C=O) groups is 3. The minimum absolute atomic E-state index is 0.0488. The van der Waals surface area contributed by atoms with Gasteiger partial charge in [0.1, 0.15) is 25.4 Å². The Balaban J connectivity index is 1.65. The summed E-state index contributed by atoms with van der Waals surface area (Å²) in [6.45, 7) is 3.06. The van der Waals surface area contributed by atoms with Gasteiger partial charge in [-0.1, -0.05) is 0 Å². The van der Waals surface area contributed by atoms with Crippen molar-refractivity contribution in [1.29, 1.82) is 0 Å². The molecule has 4 aliphatic rings. The number of allylic oxidation sites excluding steroid dienone is 1. The van der Waals surface area contributed by atoms with E-state index in [2.05, 4.69) is 10.7 Å². The van der Waals surface area contributed by atoms with Crippen LogP contribution in [0.4, 0.5) is 0 Å². The number of hydrogen-bond donors (Lipinski definition) is 8. The zero-order valence-electron chi connectivity index (χ0n) is 22.1. The topological polar surface area (TPSA) is 209 Å². The van der Waals surface area contributed by atoms with Crippen molar-refractivity contribution >= 4 is 17.9 Å². The number of carbonyl (C=O) groups excluding carboxylic acids is 1. The molecule has 0 saturated carbocycles. The predicted octanol–water partition coefficient (Wildman–Crippen LogP) is -0.742. The van der Waals surface area contributed by atoms with Crippen molar-refractivity contribution in [2.75, 3.05) is 59.1 Å². The lowest BCUT2D eigenvalue weighted by atomic mass is 9.86. The van der Waals surface area contributed by atoms with Gasteiger partial charge in [-0.2, -0.15) is 5.43 Å². The number of ether oxygens (including phenoxy) is 1. The molecule has 0 aromatic heterocycles. The van der Waals surface area contributed by atoms with Crippen LogP contribution in [0.1, 0.15) is 26.7 Å². The molecule has 4 rings (SSSR count). The van der Waals surface area contributed by atoms with Crippen LogP contribution in [0.2, 0.25) is 0 Å². The lowest BCUT2D eigenvalue weighted by Crippen LogP contribution is -2.64. The normalized spacial score (nSPS) is 25.7. The first-order chi connectivity index (χ1) is 18.4. The SMILES string of the molecule is CC1=C(O)C2=C(CO)C[N+]1(NCC(=O)OCCC1(C)NC=C(CO)C(CC(=O)O)=C1O)CCN(CC(=O)O)C2. The molecule has 0 aromatic carbocycles. The number of rotatable bonds is 12. The maximum Gasteiger partial charge on any atom is 0.325 e. The molecule has 2 atom stereocenters. The molecular formula is C25H37N4O10+. The molecule has 0 spiro atoms. The highest BCUT2D eigenvalue weighted by Crippen LogP contribution is 2.34. The molecular weight excluding hydrogens is 516 g/mol. The van der Waals surface area contributed by atoms with Crippen LogP contribution in [-0.2, 0) is 19.1 Å². The molecule has 0 fully saturated rings. The van der Waals surface area contributed by atoms with Crippen molar-refractivity contribution in [3.8, 4) is 0 Å². The summed E-state index contributed by atoms with van der Waals surface area (Å²) in [5.41, 5.74) is 3.90. The van der Waals surface area contributed by atoms with E-state index >= 15 is 0 Å². The molecule has 14 nitrogen and oxygen atoms in total. The van der Waals surface area contributed by atoms with Crippen molar-refractivity contribution in [1.82, 2.24) is 15.6 Å². The fourth-order valence-corrected chi connectivity index (χ4v) is 5.10. The summed E-state index contributed by atoms with van der Waals surface area (Å²) in [6.07, 6.45) is 1.06. The quantitative estimate of drug-likeness (QED) is 0.111. The number of esters is 1. The zero-order chi connectivity index (χ0) is 29.0. The summed E-state index contributed by atoms with van der Waals surface area (Å²) in [7, 11) is 0. The van der Waals surface area contributed by atoms with Crippen LogP contribution in [-0.4, -0.2) is 123 Å². The number of hydrogen-bond acceptors (Lipinski definition) is 11. The number of nitrogens with one attached hydrogen (secondary N) is 2. The summed E-state index contributed by atoms with van der Waals surface area (Å²) in [4.78, 5) is 36.8. The van der Waals surface area contributed by atoms with Gasteiger partial charge in [-0.15, -0.1) is 0 Å². The summed E-state index contributed by atoms with van der Waals surface area (Å²) in [6, 6.07) is 0. The molecule has 14 heteroatoms. The third kappa shape index (κ3) is 6.59. The van der Waals surface area contributed by atoms with E-state index in [4.69, 9.17) is 9.84 Å². The van der Waals surface area contributed by atoms with Crippen LogP contribution < -0.4 is 10.7 Å². The van der Waals surface area contributed by atoms with E-state index < -0.39 is 36.5 Å². The van der Waals surface area contributed by atoms with Crippen LogP contribution in [0.5, 0.6) is 0 Å². The van der Waals surface area contributed by atoms with Crippen LogP contribution in [0.25, 0.3) is 0 Å². The second kappa shape index (κ2) is 12.2. The molecule has 0 radical (unpaired) electrons. The molecule has 216 valence electrons. The first kappa shape index (κ1) is 30.1. The number of carboxylic acids is 2. The van der Waals surface area contributed by atoms with Gasteiger partial charge >= 0.3 is 17.9 Å². The van der Waals surface area contributed by atoms with Gasteiger partial charge in [0.2, 0.25) is 0 Å². The van der Waals surface area contributed by atoms with Crippen molar-refractivity contribution in [3.63, 3.8) is 0 Å². The molecule has 0 saturated heterocycles. The van der Waals surface area contributed by atoms with Crippen LogP contribution >= 0.6 is 0 Å². The number of fused-ring (bicyclic) bond motifs is 4. The van der Waals surface area contributed by atoms with Gasteiger partial charge in [0, 0.05) is 48.4 Å². The minimum Gasteiger partial charge on any atom is -0.510 e. The van der Waals surface area contributed by atoms with Gasteiger partial charge in [-0.05, 0) is 6.92 Å². The molecule has 4 aliphatic heterocycles. The lowest BCUT2D eigenvalue weighted by molar-refractivity contribution is -0.932. The molecule has 2 bridgehead atoms. The average molecular weight is 554 g/mol. The molecule has 39 heavy (non-hydrogen) atoms. The average Bonchev–Trinajstić information content (AvgIpc) is 2.87. The standard InChI is InChI=1S/C25H36N4O10/c1-15-23(37)19-10-28(11-21(34)35)4-5-29(15,12-17(19)14-31)27-9-22(36)39-6-3-25(2)24(38)18(7-20(32)33)16(13-30)8-26-25/h8,26-27,30-31H,3-7,9-14H2,1-2H3,(H3-,32,33,34,35,37,38)/p+1. The molecule has 0 amide bonds. The Morgan fingerprint density at radius 2 is 1.90 bits per heavy atom. The Morgan fingerprint density at radius 3 is 2.51 bits per heavy atom. The molecule has 0 aliphatic carbocycles. The van der Waals surface area contributed by atoms with Crippen LogP contribution in [0.15, 0.2) is 45.7 Å². The largest absolute Gasteiger partial charge is 0.510 e. The first-order valence-electron chi connectivity index (χ1n) is 12.5. The van der Waals surface area contributed by atoms with Crippen LogP contribution in [0, 0.1) is 0 Å². The maximum atomic E-state index is 12.7. The summed E-state index contributed by atoms with van der Waals surface area (Å²) >= 11 is 0. The number of carboxylic acid groups (broad SMARTS) is 2. The molecule has 0 aromatic rings. The Kier molecular flexibility index (Phi) is 9.40. The Hall–Kier alpha value is -3.43. The van der Waals surface area contributed by atoms with Crippen LogP contribution in [0.3, 0.4) is 0 Å². The molecule has 8 N–H and O–H groups in total. The third-order valence-corrected chi connectivity index (χ3v) is 7.54. The number of nitrogens with zero attached hydrogens (tertiary/aromatic N) is 2. The van der Waals surface area contributed by atoms with Gasteiger partial charge in [0.25, 0.3) is 0 Å². The third-order valence-electron chi connectivity index (χ3n) is 7.54. The number of aliphatic hydroxyl groups is 4. The molecule has 2 unspecified atom stereocenters. The van der Waals surface area contributed by atoms with E-state index in [0.717, 1.165) is 0 Å². The smallest absolute Gasteiger partial charge is 0.325 e. The Bertz CT molecular complexity index is 1140. The second-order valence-corrected chi connectivity index (χ2v) is 10.1. The van der Waals surface area contributed by atoms with Gasteiger partial charge in [-0.25, -0.2) is 4.59 Å². The van der Waals surface area contributed by atoms with Crippen molar-refractivity contribution < 1.29 is 54.4 Å². The fourth-order valence-electron chi connectivity index (χ4n) is 5.10. The zero-order valence-corrected chi connectivity index (χ0v) is 22.1. The minimum atomic E-state index is -1.17. The van der Waals surface area contributed by atoms with Gasteiger partial charge in [0.15, 0.2) is 11.5 Å². The first-order valence-corrected chi connectivity index (χ1v) is 12.5. The number of aliphatic hydroxyl groups excluding tert-OH is 4. The van der Waals surface area contributed by atoms with E-state index in [1.54, 1.807) is 18.7 Å². The van der Waals surface area contributed by atoms with E-state index in [9.17, 15) is 39.9 Å². The second-order valence-electron chi connectivity index (χ2n) is 10.1. The summed E-state index contributed by atoms with van der Waals surface area (Å²) in [5.74, 6) is -3.11. The highest BCUT2D eigenvalue weighted by Gasteiger charge is 2.43. The Morgan fingerprint density at radius 1 is 1.18 bits per heavy atom. The van der Waals surface area contributed by atoms with Gasteiger partial charge in [0.05, 0.1) is 44.9 Å². The maximum absolute atomic E-state index is 12.7. The number of dihydropyridines is 1. The van der Waals surface area contributed by atoms with Gasteiger partial charge in [-0.3, -0.25) is 19.3 Å². The Labute approximate surface area is 225 Å². The molecule has 4 heterocycles. The van der Waals surface area contributed by atoms with E-state index in [0.29, 0.717) is 29.9 Å². The lowest BCUT2D eigenvalue weighted by Gasteiger charge is -2.45.